The average molecular weight is 1360 g/mol. The second-order valence-electron chi connectivity index (χ2n) is 22.4. The molecule has 0 aliphatic rings. The number of alkyl carbamates (subject to hydrolysis) is 1. The van der Waals surface area contributed by atoms with Crippen molar-refractivity contribution in [2.75, 3.05) is 100 Å². The first-order valence-electron chi connectivity index (χ1n) is 32.9. The van der Waals surface area contributed by atoms with Gasteiger partial charge < -0.3 is 75.7 Å². The molecular weight excluding hydrogens is 1250 g/mol. The number of unbranched alkanes of at least 4 members (excludes halogenated alkanes) is 6. The van der Waals surface area contributed by atoms with Gasteiger partial charge in [-0.15, -0.1) is 0 Å². The quantitative estimate of drug-likeness (QED) is 0.0365. The average Bonchev–Trinajstić information content (AvgIpc) is 4.52. The first kappa shape index (κ1) is 91.6. The normalized spacial score (nSPS) is 10.4. The number of nitrogens with one attached hydrogen (secondary N) is 1. The fraction of sp³-hybridized carbons (Fsp3) is 0.721. The molecule has 1 N–H and O–H groups in total. The smallest absolute Gasteiger partial charge is 0.407 e. The molecule has 2 heterocycles. The summed E-state index contributed by atoms with van der Waals surface area (Å²) in [5.74, 6) is -2.04. The topological polar surface area (TPSA) is 346 Å². The molecule has 0 saturated heterocycles. The number of methoxy groups -OCH3 is 2. The molecule has 546 valence electrons. The van der Waals surface area contributed by atoms with Gasteiger partial charge in [0, 0.05) is 59.5 Å². The van der Waals surface area contributed by atoms with E-state index in [2.05, 4.69) is 5.32 Å². The van der Waals surface area contributed by atoms with E-state index >= 15 is 0 Å². The lowest BCUT2D eigenvalue weighted by Crippen LogP contribution is -2.23. The van der Waals surface area contributed by atoms with Crippen LogP contribution in [0, 0.1) is 29.6 Å². The number of esters is 10. The van der Waals surface area contributed by atoms with Crippen LogP contribution in [0.2, 0.25) is 0 Å². The first-order valence-corrected chi connectivity index (χ1v) is 32.9. The zero-order valence-corrected chi connectivity index (χ0v) is 58.9. The predicted octanol–water partition coefficient (Wildman–Crippen LogP) is 10.6. The van der Waals surface area contributed by atoms with Crippen molar-refractivity contribution in [1.82, 2.24) is 5.32 Å². The highest BCUT2D eigenvalue weighted by molar-refractivity contribution is 5.74. The molecule has 0 aromatic carbocycles. The molecule has 0 unspecified atom stereocenters. The molecule has 0 aliphatic carbocycles. The van der Waals surface area contributed by atoms with Gasteiger partial charge >= 0.3 is 65.8 Å². The van der Waals surface area contributed by atoms with Gasteiger partial charge in [0.1, 0.15) is 64.4 Å². The van der Waals surface area contributed by atoms with Crippen molar-refractivity contribution >= 4 is 65.8 Å². The molecule has 2 rings (SSSR count). The predicted molar refractivity (Wildman–Crippen MR) is 346 cm³/mol. The Morgan fingerprint density at radius 1 is 0.337 bits per heavy atom. The summed E-state index contributed by atoms with van der Waals surface area (Å²) in [7, 11) is 3.29. The Balaban J connectivity index is -0.00000115. The molecule has 2 aromatic heterocycles. The monoisotopic (exact) mass is 1360 g/mol. The van der Waals surface area contributed by atoms with Crippen molar-refractivity contribution in [3.05, 3.63) is 48.3 Å². The number of hydrogen-bond acceptors (Lipinski definition) is 26. The highest BCUT2D eigenvalue weighted by Gasteiger charge is 2.14. The number of ether oxygens (including phenoxy) is 13. The van der Waals surface area contributed by atoms with Gasteiger partial charge in [0.15, 0.2) is 0 Å². The maximum Gasteiger partial charge on any atom is 0.407 e. The lowest BCUT2D eigenvalue weighted by Gasteiger charge is -2.08. The lowest BCUT2D eigenvalue weighted by atomic mass is 10.2. The van der Waals surface area contributed by atoms with Crippen LogP contribution in [0.4, 0.5) is 4.79 Å². The molecule has 0 radical (unpaired) electrons. The van der Waals surface area contributed by atoms with Crippen LogP contribution in [0.25, 0.3) is 0 Å². The molecule has 0 fully saturated rings. The van der Waals surface area contributed by atoms with Crippen LogP contribution in [0.5, 0.6) is 0 Å². The van der Waals surface area contributed by atoms with Crippen molar-refractivity contribution in [2.24, 2.45) is 29.6 Å². The standard InChI is InChI=1S/C18H27NO7.C18H26O7.C13H24O5.C12H22O5.C7H14O2/c1-14(2)17(21)25-12-11-24-16(20)8-4-3-5-9-26-18(22)19-13-15-7-6-10-23-15;1-14(2)18(21)25-13-12-24-16(19)7-3-4-10-23-17(20)9-8-15-6-5-11-22-15;1-11(2)13(15)18-10-9-17-12(14)7-5-4-6-8-16-3;1-10(2)12(14)17-9-8-16-11(13)6-4-5-7-15-3;1-4-5-9-7(8)6(2)3/h6-7,10,14H,3-5,8-9,11-13H2,1-2H3,(H,19,22);5-6,11,14H,3-4,7-10,12-13H2,1-2H3;11H,4-10H2,1-3H3;10H,4-9H2,1-3H3;6H,4-5H2,1-3H3. The molecule has 0 atom stereocenters. The number of aryl methyl sites for hydroxylation is 1. The Hall–Kier alpha value is -7.55. The van der Waals surface area contributed by atoms with Crippen LogP contribution in [-0.4, -0.2) is 166 Å². The van der Waals surface area contributed by atoms with Crippen LogP contribution in [0.3, 0.4) is 0 Å². The summed E-state index contributed by atoms with van der Waals surface area (Å²) in [5.41, 5.74) is 0. The third-order valence-corrected chi connectivity index (χ3v) is 11.8. The molecule has 0 spiro atoms. The van der Waals surface area contributed by atoms with E-state index in [4.69, 9.17) is 70.4 Å². The van der Waals surface area contributed by atoms with E-state index < -0.39 is 6.09 Å². The van der Waals surface area contributed by atoms with E-state index in [1.807, 2.05) is 26.8 Å². The Morgan fingerprint density at radius 2 is 0.621 bits per heavy atom. The molecule has 1 amide bonds. The molecule has 2 aromatic rings. The summed E-state index contributed by atoms with van der Waals surface area (Å²) >= 11 is 0. The Bertz CT molecular complexity index is 2290. The van der Waals surface area contributed by atoms with Gasteiger partial charge in [-0.1, -0.05) is 82.6 Å². The van der Waals surface area contributed by atoms with Gasteiger partial charge in [-0.3, -0.25) is 47.9 Å². The lowest BCUT2D eigenvalue weighted by molar-refractivity contribution is -0.154. The van der Waals surface area contributed by atoms with Gasteiger partial charge in [-0.25, -0.2) is 4.79 Å². The van der Waals surface area contributed by atoms with E-state index in [1.54, 1.807) is 94.1 Å². The number of amides is 1. The van der Waals surface area contributed by atoms with E-state index in [9.17, 15) is 52.7 Å². The van der Waals surface area contributed by atoms with Crippen LogP contribution in [0.15, 0.2) is 45.6 Å². The van der Waals surface area contributed by atoms with Crippen molar-refractivity contribution in [3.8, 4) is 0 Å². The third kappa shape index (κ3) is 63.6. The summed E-state index contributed by atoms with van der Waals surface area (Å²) in [4.78, 5) is 124. The van der Waals surface area contributed by atoms with Crippen LogP contribution < -0.4 is 5.32 Å². The number of rotatable bonds is 46. The van der Waals surface area contributed by atoms with Gasteiger partial charge in [-0.2, -0.15) is 0 Å². The van der Waals surface area contributed by atoms with E-state index in [0.29, 0.717) is 63.9 Å². The first-order chi connectivity index (χ1) is 45.3. The molecule has 27 heteroatoms. The zero-order valence-electron chi connectivity index (χ0n) is 58.9. The highest BCUT2D eigenvalue weighted by atomic mass is 16.6. The second kappa shape index (κ2) is 63.8. The highest BCUT2D eigenvalue weighted by Crippen LogP contribution is 2.08. The van der Waals surface area contributed by atoms with Crippen molar-refractivity contribution in [1.29, 1.82) is 0 Å². The van der Waals surface area contributed by atoms with Gasteiger partial charge in [-0.05, 0) is 88.5 Å². The molecule has 27 nitrogen and oxygen atoms in total. The summed E-state index contributed by atoms with van der Waals surface area (Å²) in [5, 5.41) is 2.57. The Morgan fingerprint density at radius 3 is 0.958 bits per heavy atom. The maximum absolute atomic E-state index is 11.5. The number of carbonyl (C=O) groups is 11. The van der Waals surface area contributed by atoms with Crippen molar-refractivity contribution < 1.29 is 123 Å². The molecule has 95 heavy (non-hydrogen) atoms. The second-order valence-corrected chi connectivity index (χ2v) is 22.4. The van der Waals surface area contributed by atoms with Gasteiger partial charge in [0.25, 0.3) is 0 Å². The van der Waals surface area contributed by atoms with Gasteiger partial charge in [0.05, 0.1) is 74.9 Å². The molecular formula is C68H113NO26. The fourth-order valence-electron chi connectivity index (χ4n) is 6.37. The summed E-state index contributed by atoms with van der Waals surface area (Å²) in [6, 6.07) is 7.08. The fourth-order valence-corrected chi connectivity index (χ4v) is 6.37. The Kier molecular flexibility index (Phi) is 61.6. The summed E-state index contributed by atoms with van der Waals surface area (Å²) in [6.07, 6.45) is 13.1. The van der Waals surface area contributed by atoms with Gasteiger partial charge in [0.2, 0.25) is 0 Å². The third-order valence-electron chi connectivity index (χ3n) is 11.8. The van der Waals surface area contributed by atoms with Crippen molar-refractivity contribution in [2.45, 2.75) is 192 Å². The van der Waals surface area contributed by atoms with Crippen LogP contribution in [-0.2, 0) is 122 Å². The SMILES string of the molecule is CC(C)C(=O)OCCOC(=O)CCCCCOC(=O)NCc1ccco1.CC(C)C(=O)OCCOC(=O)CCCCOC(=O)CCc1ccco1.CCCOC(=O)C(C)C.COCCCCC(=O)OCCOC(=O)C(C)C.COCCCCCC(=O)OCCOC(=O)C(C)C. The largest absolute Gasteiger partial charge is 0.469 e. The molecule has 0 saturated carbocycles. The number of carbonyl (C=O) groups excluding carboxylic acids is 11. The minimum absolute atomic E-state index is 0.0107. The Labute approximate surface area is 562 Å². The van der Waals surface area contributed by atoms with Crippen molar-refractivity contribution in [3.63, 3.8) is 0 Å². The molecule has 0 bridgehead atoms. The van der Waals surface area contributed by atoms with E-state index in [-0.39, 0.29) is 181 Å². The van der Waals surface area contributed by atoms with E-state index in [1.165, 1.54) is 6.26 Å². The molecule has 0 aliphatic heterocycles. The summed E-state index contributed by atoms with van der Waals surface area (Å²) < 4.78 is 74.2. The minimum atomic E-state index is -0.503. The van der Waals surface area contributed by atoms with Crippen LogP contribution >= 0.6 is 0 Å². The van der Waals surface area contributed by atoms with E-state index in [0.717, 1.165) is 57.3 Å². The number of furan rings is 2. The zero-order chi connectivity index (χ0) is 71.9. The van der Waals surface area contributed by atoms with Crippen LogP contribution in [0.1, 0.15) is 190 Å². The maximum atomic E-state index is 11.5. The number of hydrogen-bond donors (Lipinski definition) is 1. The summed E-state index contributed by atoms with van der Waals surface area (Å²) in [6.45, 7) is 23.2. The minimum Gasteiger partial charge on any atom is -0.469 e.